The normalized spacial score (nSPS) is 15.0. The minimum absolute atomic E-state index is 0.305. The van der Waals surface area contributed by atoms with Crippen LogP contribution in [0.5, 0.6) is 5.75 Å². The van der Waals surface area contributed by atoms with Gasteiger partial charge in [0.25, 0.3) is 0 Å². The number of benzene rings is 3. The summed E-state index contributed by atoms with van der Waals surface area (Å²) in [6, 6.07) is 21.9. The molecule has 7 heteroatoms. The van der Waals surface area contributed by atoms with Gasteiger partial charge in [-0.3, -0.25) is 0 Å². The number of aromatic nitrogens is 3. The van der Waals surface area contributed by atoms with E-state index in [4.69, 9.17) is 9.47 Å². The van der Waals surface area contributed by atoms with Crippen molar-refractivity contribution < 1.29 is 14.3 Å². The van der Waals surface area contributed by atoms with E-state index in [1.165, 1.54) is 17.1 Å². The first-order valence-corrected chi connectivity index (χ1v) is 12.0. The highest BCUT2D eigenvalue weighted by Gasteiger charge is 2.35. The van der Waals surface area contributed by atoms with Gasteiger partial charge in [0.1, 0.15) is 24.7 Å². The molecule has 4 aromatic rings. The van der Waals surface area contributed by atoms with E-state index in [0.29, 0.717) is 31.2 Å². The molecule has 0 unspecified atom stereocenters. The second-order valence-corrected chi connectivity index (χ2v) is 8.41. The van der Waals surface area contributed by atoms with Crippen LogP contribution in [0.1, 0.15) is 43.9 Å². The van der Waals surface area contributed by atoms with Crippen LogP contribution < -0.4 is 10.1 Å². The zero-order chi connectivity index (χ0) is 24.2. The van der Waals surface area contributed by atoms with E-state index in [9.17, 15) is 4.79 Å². The van der Waals surface area contributed by atoms with Crippen molar-refractivity contribution in [3.8, 4) is 5.75 Å². The molecule has 0 amide bonds. The lowest BCUT2D eigenvalue weighted by atomic mass is 9.94. The predicted octanol–water partition coefficient (Wildman–Crippen LogP) is 5.64. The first-order chi connectivity index (χ1) is 17.2. The van der Waals surface area contributed by atoms with Crippen molar-refractivity contribution in [2.24, 2.45) is 0 Å². The molecule has 0 aliphatic carbocycles. The summed E-state index contributed by atoms with van der Waals surface area (Å²) < 4.78 is 13.3. The molecule has 35 heavy (non-hydrogen) atoms. The van der Waals surface area contributed by atoms with Crippen LogP contribution in [-0.2, 0) is 16.1 Å². The third-order valence-corrected chi connectivity index (χ3v) is 6.14. The van der Waals surface area contributed by atoms with Gasteiger partial charge in [-0.1, -0.05) is 67.9 Å². The molecule has 1 atom stereocenters. The number of carbonyl (C=O) groups is 1. The van der Waals surface area contributed by atoms with E-state index in [-0.39, 0.29) is 5.97 Å². The number of rotatable bonds is 8. The molecule has 5 rings (SSSR count). The van der Waals surface area contributed by atoms with Crippen molar-refractivity contribution >= 4 is 22.7 Å². The number of hydrogen-bond acceptors (Lipinski definition) is 6. The van der Waals surface area contributed by atoms with Gasteiger partial charge in [0.15, 0.2) is 0 Å². The standard InChI is InChI=1S/C28H28N4O3/c1-3-8-24-25(27(33)34-4-2)26(32-28(31-24)29-18-30-32)20-13-15-22(16-14-20)35-17-21-11-7-10-19-9-5-6-12-23(19)21/h5-7,9-16,18,26H,3-4,8,17H2,1-2H3,(H,29,30,31)/t26-/m1/s1. The van der Waals surface area contributed by atoms with Crippen molar-refractivity contribution in [2.75, 3.05) is 11.9 Å². The number of ether oxygens (including phenoxy) is 2. The van der Waals surface area contributed by atoms with Crippen molar-refractivity contribution in [1.29, 1.82) is 0 Å². The minimum atomic E-state index is -0.429. The Bertz CT molecular complexity index is 1370. The molecule has 0 radical (unpaired) electrons. The van der Waals surface area contributed by atoms with Gasteiger partial charge in [0.2, 0.25) is 5.95 Å². The molecule has 0 fully saturated rings. The highest BCUT2D eigenvalue weighted by Crippen LogP contribution is 2.37. The Morgan fingerprint density at radius 3 is 2.63 bits per heavy atom. The summed E-state index contributed by atoms with van der Waals surface area (Å²) in [6.45, 7) is 4.66. The Morgan fingerprint density at radius 2 is 1.83 bits per heavy atom. The maximum atomic E-state index is 13.0. The average Bonchev–Trinajstić information content (AvgIpc) is 3.35. The first-order valence-electron chi connectivity index (χ1n) is 12.0. The van der Waals surface area contributed by atoms with E-state index in [1.54, 1.807) is 4.68 Å². The average molecular weight is 469 g/mol. The van der Waals surface area contributed by atoms with Crippen LogP contribution in [0.2, 0.25) is 0 Å². The fourth-order valence-electron chi connectivity index (χ4n) is 4.54. The number of fused-ring (bicyclic) bond motifs is 2. The molecule has 2 heterocycles. The zero-order valence-electron chi connectivity index (χ0n) is 19.9. The molecule has 0 spiro atoms. The van der Waals surface area contributed by atoms with Crippen LogP contribution in [-0.4, -0.2) is 27.3 Å². The van der Waals surface area contributed by atoms with Gasteiger partial charge in [-0.2, -0.15) is 10.1 Å². The maximum absolute atomic E-state index is 13.0. The summed E-state index contributed by atoms with van der Waals surface area (Å²) in [4.78, 5) is 17.4. The second-order valence-electron chi connectivity index (χ2n) is 8.41. The summed E-state index contributed by atoms with van der Waals surface area (Å²) in [5, 5.41) is 10.1. The Morgan fingerprint density at radius 1 is 1.03 bits per heavy atom. The van der Waals surface area contributed by atoms with Crippen molar-refractivity contribution in [1.82, 2.24) is 14.8 Å². The summed E-state index contributed by atoms with van der Waals surface area (Å²) in [7, 11) is 0. The highest BCUT2D eigenvalue weighted by molar-refractivity contribution is 5.92. The van der Waals surface area contributed by atoms with Gasteiger partial charge in [0, 0.05) is 5.70 Å². The van der Waals surface area contributed by atoms with Gasteiger partial charge in [-0.05, 0) is 47.4 Å². The molecule has 1 N–H and O–H groups in total. The summed E-state index contributed by atoms with van der Waals surface area (Å²) in [5.74, 6) is 1.03. The Labute approximate surface area is 204 Å². The molecule has 178 valence electrons. The van der Waals surface area contributed by atoms with Crippen LogP contribution in [0.3, 0.4) is 0 Å². The lowest BCUT2D eigenvalue weighted by Gasteiger charge is -2.29. The number of nitrogens with one attached hydrogen (secondary N) is 1. The van der Waals surface area contributed by atoms with E-state index >= 15 is 0 Å². The monoisotopic (exact) mass is 468 g/mol. The van der Waals surface area contributed by atoms with Crippen molar-refractivity contribution in [3.63, 3.8) is 0 Å². The fourth-order valence-corrected chi connectivity index (χ4v) is 4.54. The van der Waals surface area contributed by atoms with Gasteiger partial charge in [-0.25, -0.2) is 9.48 Å². The molecule has 1 aliphatic heterocycles. The lowest BCUT2D eigenvalue weighted by Crippen LogP contribution is -2.30. The summed E-state index contributed by atoms with van der Waals surface area (Å²) in [6.07, 6.45) is 3.09. The van der Waals surface area contributed by atoms with E-state index in [0.717, 1.165) is 29.0 Å². The minimum Gasteiger partial charge on any atom is -0.489 e. The quantitative estimate of drug-likeness (QED) is 0.337. The molecular weight excluding hydrogens is 440 g/mol. The number of hydrogen-bond donors (Lipinski definition) is 1. The van der Waals surface area contributed by atoms with Gasteiger partial charge < -0.3 is 14.8 Å². The number of esters is 1. The largest absolute Gasteiger partial charge is 0.489 e. The van der Waals surface area contributed by atoms with E-state index < -0.39 is 6.04 Å². The molecule has 0 saturated heterocycles. The number of nitrogens with zero attached hydrogens (tertiary/aromatic N) is 3. The van der Waals surface area contributed by atoms with Crippen LogP contribution in [0.15, 0.2) is 84.3 Å². The Balaban J connectivity index is 1.43. The molecule has 0 saturated carbocycles. The lowest BCUT2D eigenvalue weighted by molar-refractivity contribution is -0.139. The third kappa shape index (κ3) is 4.49. The number of carbonyl (C=O) groups excluding carboxylic acids is 1. The summed E-state index contributed by atoms with van der Waals surface area (Å²) in [5.41, 5.74) is 3.44. The molecule has 3 aromatic carbocycles. The molecule has 1 aliphatic rings. The highest BCUT2D eigenvalue weighted by atomic mass is 16.5. The van der Waals surface area contributed by atoms with Gasteiger partial charge >= 0.3 is 5.97 Å². The zero-order valence-corrected chi connectivity index (χ0v) is 19.9. The Kier molecular flexibility index (Phi) is 6.48. The number of allylic oxidation sites excluding steroid dienone is 1. The summed E-state index contributed by atoms with van der Waals surface area (Å²) >= 11 is 0. The fraction of sp³-hybridized carbons (Fsp3) is 0.250. The molecule has 1 aromatic heterocycles. The molecular formula is C28H28N4O3. The van der Waals surface area contributed by atoms with Crippen LogP contribution in [0, 0.1) is 0 Å². The first kappa shape index (κ1) is 22.7. The van der Waals surface area contributed by atoms with E-state index in [2.05, 4.69) is 46.6 Å². The topological polar surface area (TPSA) is 78.3 Å². The van der Waals surface area contributed by atoms with Crippen molar-refractivity contribution in [2.45, 2.75) is 39.3 Å². The predicted molar refractivity (Wildman–Crippen MR) is 135 cm³/mol. The van der Waals surface area contributed by atoms with Gasteiger partial charge in [0.05, 0.1) is 12.2 Å². The van der Waals surface area contributed by atoms with Gasteiger partial charge in [-0.15, -0.1) is 0 Å². The number of anilines is 1. The van der Waals surface area contributed by atoms with Crippen LogP contribution in [0.25, 0.3) is 10.8 Å². The smallest absolute Gasteiger partial charge is 0.338 e. The van der Waals surface area contributed by atoms with Crippen LogP contribution >= 0.6 is 0 Å². The molecule has 0 bridgehead atoms. The Hall–Kier alpha value is -4.13. The maximum Gasteiger partial charge on any atom is 0.338 e. The van der Waals surface area contributed by atoms with Crippen LogP contribution in [0.4, 0.5) is 5.95 Å². The third-order valence-electron chi connectivity index (χ3n) is 6.14. The molecule has 7 nitrogen and oxygen atoms in total. The van der Waals surface area contributed by atoms with E-state index in [1.807, 2.05) is 49.4 Å². The second kappa shape index (κ2) is 10.0. The van der Waals surface area contributed by atoms with Crippen molar-refractivity contribution in [3.05, 3.63) is 95.5 Å². The SMILES string of the molecule is CCCC1=C(C(=O)OCC)[C@@H](c2ccc(OCc3cccc4ccccc34)cc2)n2ncnc2N1.